The fourth-order valence-electron chi connectivity index (χ4n) is 1.71. The van der Waals surface area contributed by atoms with Gasteiger partial charge in [-0.25, -0.2) is 4.98 Å². The molecule has 3 nitrogen and oxygen atoms in total. The molecule has 3 heteroatoms. The van der Waals surface area contributed by atoms with Gasteiger partial charge in [-0.05, 0) is 18.1 Å². The molecule has 74 valence electrons. The zero-order chi connectivity index (χ0) is 10.8. The van der Waals surface area contributed by atoms with Gasteiger partial charge in [0.05, 0.1) is 17.1 Å². The van der Waals surface area contributed by atoms with E-state index >= 15 is 0 Å². The summed E-state index contributed by atoms with van der Waals surface area (Å²) in [4.78, 5) is 4.28. The maximum atomic E-state index is 8.99. The fourth-order valence-corrected chi connectivity index (χ4v) is 1.71. The summed E-state index contributed by atoms with van der Waals surface area (Å²) in [5.41, 5.74) is 8.22. The van der Waals surface area contributed by atoms with Crippen LogP contribution >= 0.6 is 0 Å². The van der Waals surface area contributed by atoms with Crippen LogP contribution in [0.25, 0.3) is 10.9 Å². The molecule has 1 aromatic carbocycles. The predicted molar refractivity (Wildman–Crippen MR) is 60.2 cm³/mol. The Morgan fingerprint density at radius 3 is 2.93 bits per heavy atom. The molecule has 1 aromatic heterocycles. The molecular weight excluding hydrogens is 186 g/mol. The van der Waals surface area contributed by atoms with Crippen LogP contribution in [0.15, 0.2) is 24.3 Å². The van der Waals surface area contributed by atoms with E-state index in [1.54, 1.807) is 6.07 Å². The van der Waals surface area contributed by atoms with Gasteiger partial charge < -0.3 is 5.73 Å². The number of nitriles is 1. The molecule has 2 rings (SSSR count). The number of fused-ring (bicyclic) bond motifs is 1. The Morgan fingerprint density at radius 2 is 2.27 bits per heavy atom. The van der Waals surface area contributed by atoms with E-state index in [4.69, 9.17) is 11.0 Å². The van der Waals surface area contributed by atoms with Gasteiger partial charge in [0.2, 0.25) is 0 Å². The molecule has 0 atom stereocenters. The summed E-state index contributed by atoms with van der Waals surface area (Å²) >= 11 is 0. The number of aromatic nitrogens is 1. The minimum absolute atomic E-state index is 0.403. The van der Waals surface area contributed by atoms with Crippen molar-refractivity contribution in [3.05, 3.63) is 35.4 Å². The van der Waals surface area contributed by atoms with Gasteiger partial charge in [-0.3, -0.25) is 0 Å². The van der Waals surface area contributed by atoms with E-state index in [1.165, 1.54) is 0 Å². The Kier molecular flexibility index (Phi) is 2.26. The minimum atomic E-state index is 0.403. The number of hydrogen-bond acceptors (Lipinski definition) is 3. The number of rotatable bonds is 1. The first-order valence-electron chi connectivity index (χ1n) is 4.84. The van der Waals surface area contributed by atoms with Gasteiger partial charge >= 0.3 is 0 Å². The standard InChI is InChI=1S/C12H11N3/c1-2-8-4-3-5-10-9(7-13)6-11(14)15-12(8)10/h3-6H,2H2,1H3,(H2,14,15). The zero-order valence-electron chi connectivity index (χ0n) is 8.49. The summed E-state index contributed by atoms with van der Waals surface area (Å²) in [6.07, 6.45) is 0.888. The van der Waals surface area contributed by atoms with Crippen LogP contribution in [0.1, 0.15) is 18.1 Å². The van der Waals surface area contributed by atoms with Crippen LogP contribution < -0.4 is 5.73 Å². The van der Waals surface area contributed by atoms with Gasteiger partial charge in [-0.1, -0.05) is 25.1 Å². The first-order chi connectivity index (χ1) is 7.26. The van der Waals surface area contributed by atoms with Gasteiger partial charge in [-0.2, -0.15) is 5.26 Å². The number of anilines is 1. The second-order valence-corrected chi connectivity index (χ2v) is 3.37. The molecule has 1 heterocycles. The monoisotopic (exact) mass is 197 g/mol. The zero-order valence-corrected chi connectivity index (χ0v) is 8.49. The van der Waals surface area contributed by atoms with E-state index in [-0.39, 0.29) is 0 Å². The van der Waals surface area contributed by atoms with Crippen LogP contribution in [0, 0.1) is 11.3 Å². The van der Waals surface area contributed by atoms with Crippen molar-refractivity contribution in [2.24, 2.45) is 0 Å². The summed E-state index contributed by atoms with van der Waals surface area (Å²) < 4.78 is 0. The van der Waals surface area contributed by atoms with Crippen LogP contribution in [-0.2, 0) is 6.42 Å². The molecule has 0 aliphatic heterocycles. The number of hydrogen-bond donors (Lipinski definition) is 1. The number of para-hydroxylation sites is 1. The molecule has 15 heavy (non-hydrogen) atoms. The van der Waals surface area contributed by atoms with Gasteiger partial charge in [0, 0.05) is 5.39 Å². The molecule has 2 N–H and O–H groups in total. The van der Waals surface area contributed by atoms with Crippen molar-refractivity contribution in [2.75, 3.05) is 5.73 Å². The highest BCUT2D eigenvalue weighted by Crippen LogP contribution is 2.22. The van der Waals surface area contributed by atoms with Gasteiger partial charge in [-0.15, -0.1) is 0 Å². The van der Waals surface area contributed by atoms with E-state index < -0.39 is 0 Å². The van der Waals surface area contributed by atoms with E-state index in [2.05, 4.69) is 18.0 Å². The Balaban J connectivity index is 2.90. The number of aryl methyl sites for hydroxylation is 1. The Bertz CT molecular complexity index is 553. The third kappa shape index (κ3) is 1.50. The normalized spacial score (nSPS) is 10.1. The number of nitrogens with two attached hydrogens (primary N) is 1. The maximum absolute atomic E-state index is 8.99. The lowest BCUT2D eigenvalue weighted by molar-refractivity contribution is 1.14. The minimum Gasteiger partial charge on any atom is -0.384 e. The van der Waals surface area contributed by atoms with Crippen LogP contribution in [0.3, 0.4) is 0 Å². The van der Waals surface area contributed by atoms with E-state index in [0.717, 1.165) is 22.9 Å². The number of pyridine rings is 1. The fraction of sp³-hybridized carbons (Fsp3) is 0.167. The van der Waals surface area contributed by atoms with Crippen LogP contribution in [0.4, 0.5) is 5.82 Å². The second-order valence-electron chi connectivity index (χ2n) is 3.37. The largest absolute Gasteiger partial charge is 0.384 e. The molecular formula is C12H11N3. The van der Waals surface area contributed by atoms with E-state index in [0.29, 0.717) is 11.4 Å². The molecule has 0 bridgehead atoms. The Labute approximate surface area is 88.2 Å². The van der Waals surface area contributed by atoms with Crippen molar-refractivity contribution in [2.45, 2.75) is 13.3 Å². The van der Waals surface area contributed by atoms with Gasteiger partial charge in [0.1, 0.15) is 5.82 Å². The van der Waals surface area contributed by atoms with Gasteiger partial charge in [0.25, 0.3) is 0 Å². The van der Waals surface area contributed by atoms with Crippen molar-refractivity contribution in [1.29, 1.82) is 5.26 Å². The average Bonchev–Trinajstić information content (AvgIpc) is 2.27. The molecule has 0 radical (unpaired) electrons. The van der Waals surface area contributed by atoms with Crippen molar-refractivity contribution >= 4 is 16.7 Å². The lowest BCUT2D eigenvalue weighted by Gasteiger charge is -2.05. The van der Waals surface area contributed by atoms with Crippen LogP contribution in [-0.4, -0.2) is 4.98 Å². The van der Waals surface area contributed by atoms with Crippen molar-refractivity contribution < 1.29 is 0 Å². The van der Waals surface area contributed by atoms with Crippen molar-refractivity contribution in [1.82, 2.24) is 4.98 Å². The second kappa shape index (κ2) is 3.58. The smallest absolute Gasteiger partial charge is 0.125 e. The summed E-state index contributed by atoms with van der Waals surface area (Å²) in [7, 11) is 0. The summed E-state index contributed by atoms with van der Waals surface area (Å²) in [6.45, 7) is 2.06. The van der Waals surface area contributed by atoms with Crippen LogP contribution in [0.5, 0.6) is 0 Å². The quantitative estimate of drug-likeness (QED) is 0.762. The van der Waals surface area contributed by atoms with Crippen molar-refractivity contribution in [3.63, 3.8) is 0 Å². The average molecular weight is 197 g/mol. The highest BCUT2D eigenvalue weighted by Gasteiger charge is 2.06. The summed E-state index contributed by atoms with van der Waals surface area (Å²) in [5.74, 6) is 0.403. The molecule has 0 spiro atoms. The van der Waals surface area contributed by atoms with Crippen LogP contribution in [0.2, 0.25) is 0 Å². The molecule has 0 amide bonds. The summed E-state index contributed by atoms with van der Waals surface area (Å²) in [6, 6.07) is 9.61. The molecule has 0 fully saturated rings. The number of benzene rings is 1. The highest BCUT2D eigenvalue weighted by atomic mass is 14.8. The Morgan fingerprint density at radius 1 is 1.47 bits per heavy atom. The highest BCUT2D eigenvalue weighted by molar-refractivity contribution is 5.88. The molecule has 0 aliphatic rings. The lowest BCUT2D eigenvalue weighted by atomic mass is 10.0. The van der Waals surface area contributed by atoms with Gasteiger partial charge in [0.15, 0.2) is 0 Å². The Hall–Kier alpha value is -2.08. The van der Waals surface area contributed by atoms with E-state index in [9.17, 15) is 0 Å². The third-order valence-electron chi connectivity index (χ3n) is 2.44. The summed E-state index contributed by atoms with van der Waals surface area (Å²) in [5, 5.41) is 9.87. The topological polar surface area (TPSA) is 62.7 Å². The SMILES string of the molecule is CCc1cccc2c(C#N)cc(N)nc12. The molecule has 2 aromatic rings. The first kappa shape index (κ1) is 9.47. The number of nitrogens with zero attached hydrogens (tertiary/aromatic N) is 2. The first-order valence-corrected chi connectivity index (χ1v) is 4.84. The molecule has 0 aliphatic carbocycles. The predicted octanol–water partition coefficient (Wildman–Crippen LogP) is 2.25. The molecule has 0 unspecified atom stereocenters. The molecule has 0 saturated heterocycles. The van der Waals surface area contributed by atoms with Crippen molar-refractivity contribution in [3.8, 4) is 6.07 Å². The molecule has 0 saturated carbocycles. The number of nitrogen functional groups attached to an aromatic ring is 1. The third-order valence-corrected chi connectivity index (χ3v) is 2.44. The van der Waals surface area contributed by atoms with E-state index in [1.807, 2.05) is 18.2 Å². The lowest BCUT2D eigenvalue weighted by Crippen LogP contribution is -1.95. The maximum Gasteiger partial charge on any atom is 0.125 e.